The second kappa shape index (κ2) is 8.55. The first-order chi connectivity index (χ1) is 12.0. The average molecular weight is 335 g/mol. The third-order valence-electron chi connectivity index (χ3n) is 3.65. The summed E-state index contributed by atoms with van der Waals surface area (Å²) >= 11 is 0. The number of nitriles is 1. The van der Waals surface area contributed by atoms with Crippen LogP contribution in [0.4, 0.5) is 11.4 Å². The van der Waals surface area contributed by atoms with Gasteiger partial charge in [-0.15, -0.1) is 0 Å². The van der Waals surface area contributed by atoms with E-state index in [0.29, 0.717) is 11.4 Å². The number of amides is 1. The first-order valence-electron chi connectivity index (χ1n) is 7.96. The first-order valence-corrected chi connectivity index (χ1v) is 7.96. The maximum atomic E-state index is 12.4. The average Bonchev–Trinajstić information content (AvgIpc) is 2.62. The van der Waals surface area contributed by atoms with Crippen molar-refractivity contribution in [1.82, 2.24) is 0 Å². The molecule has 0 radical (unpaired) electrons. The van der Waals surface area contributed by atoms with Crippen LogP contribution in [0.25, 0.3) is 0 Å². The lowest BCUT2D eigenvalue weighted by molar-refractivity contribution is -0.112. The maximum absolute atomic E-state index is 12.4. The van der Waals surface area contributed by atoms with Gasteiger partial charge in [-0.25, -0.2) is 0 Å². The number of hydrogen-bond donors (Lipinski definition) is 2. The van der Waals surface area contributed by atoms with Crippen LogP contribution in [0.2, 0.25) is 0 Å². The predicted molar refractivity (Wildman–Crippen MR) is 99.5 cm³/mol. The molecule has 1 amide bonds. The predicted octanol–water partition coefficient (Wildman–Crippen LogP) is 4.28. The lowest BCUT2D eigenvalue weighted by Gasteiger charge is -2.13. The number of carbonyl (C=O) groups excluding carboxylic acids is 1. The number of nitrogens with one attached hydrogen (secondary N) is 2. The molecule has 0 aromatic heterocycles. The van der Waals surface area contributed by atoms with Crippen LogP contribution in [0, 0.1) is 11.3 Å². The molecule has 0 saturated carbocycles. The van der Waals surface area contributed by atoms with Crippen LogP contribution in [-0.2, 0) is 4.79 Å². The van der Waals surface area contributed by atoms with E-state index in [1.54, 1.807) is 13.2 Å². The first kappa shape index (κ1) is 18.1. The zero-order chi connectivity index (χ0) is 18.2. The third kappa shape index (κ3) is 4.85. The van der Waals surface area contributed by atoms with Crippen molar-refractivity contribution in [2.24, 2.45) is 0 Å². The van der Waals surface area contributed by atoms with Crippen molar-refractivity contribution in [2.45, 2.75) is 19.8 Å². The smallest absolute Gasteiger partial charge is 0.267 e. The van der Waals surface area contributed by atoms with Gasteiger partial charge in [0.2, 0.25) is 0 Å². The van der Waals surface area contributed by atoms with Crippen LogP contribution in [0.15, 0.2) is 60.3 Å². The molecular formula is C20H21N3O2. The largest absolute Gasteiger partial charge is 0.497 e. The Morgan fingerprint density at radius 3 is 2.64 bits per heavy atom. The summed E-state index contributed by atoms with van der Waals surface area (Å²) in [5, 5.41) is 15.0. The molecule has 0 heterocycles. The zero-order valence-corrected chi connectivity index (χ0v) is 14.5. The molecule has 0 aliphatic carbocycles. The Hall–Kier alpha value is -3.26. The second-order valence-electron chi connectivity index (χ2n) is 5.74. The van der Waals surface area contributed by atoms with E-state index >= 15 is 0 Å². The minimum Gasteiger partial charge on any atom is -0.497 e. The highest BCUT2D eigenvalue weighted by atomic mass is 16.5. The summed E-state index contributed by atoms with van der Waals surface area (Å²) in [6, 6.07) is 16.7. The highest BCUT2D eigenvalue weighted by Crippen LogP contribution is 2.24. The van der Waals surface area contributed by atoms with E-state index in [4.69, 9.17) is 4.74 Å². The fourth-order valence-corrected chi connectivity index (χ4v) is 2.32. The molecule has 0 saturated heterocycles. The lowest BCUT2D eigenvalue weighted by atomic mass is 10.0. The third-order valence-corrected chi connectivity index (χ3v) is 3.65. The molecule has 128 valence electrons. The van der Waals surface area contributed by atoms with Crippen LogP contribution >= 0.6 is 0 Å². The van der Waals surface area contributed by atoms with E-state index < -0.39 is 5.91 Å². The molecule has 0 aliphatic rings. The molecule has 5 nitrogen and oxygen atoms in total. The molecule has 2 aromatic carbocycles. The van der Waals surface area contributed by atoms with Crippen molar-refractivity contribution in [3.8, 4) is 11.8 Å². The molecule has 2 rings (SSSR count). The number of anilines is 2. The van der Waals surface area contributed by atoms with Gasteiger partial charge < -0.3 is 15.4 Å². The quantitative estimate of drug-likeness (QED) is 0.610. The summed E-state index contributed by atoms with van der Waals surface area (Å²) in [7, 11) is 1.58. The van der Waals surface area contributed by atoms with E-state index in [1.165, 1.54) is 6.20 Å². The number of rotatable bonds is 6. The molecule has 0 unspecified atom stereocenters. The molecule has 25 heavy (non-hydrogen) atoms. The van der Waals surface area contributed by atoms with Crippen LogP contribution in [0.1, 0.15) is 25.3 Å². The monoisotopic (exact) mass is 335 g/mol. The van der Waals surface area contributed by atoms with Gasteiger partial charge in [0, 0.05) is 23.6 Å². The molecule has 2 N–H and O–H groups in total. The fourth-order valence-electron chi connectivity index (χ4n) is 2.32. The van der Waals surface area contributed by atoms with E-state index in [9.17, 15) is 10.1 Å². The molecule has 0 spiro atoms. The highest BCUT2D eigenvalue weighted by Gasteiger charge is 2.13. The van der Waals surface area contributed by atoms with Gasteiger partial charge in [-0.2, -0.15) is 5.26 Å². The van der Waals surface area contributed by atoms with Crippen molar-refractivity contribution in [2.75, 3.05) is 17.7 Å². The number of ether oxygens (including phenoxy) is 1. The van der Waals surface area contributed by atoms with Gasteiger partial charge in [-0.05, 0) is 29.7 Å². The fraction of sp³-hybridized carbons (Fsp3) is 0.200. The number of benzene rings is 2. The molecule has 5 heteroatoms. The lowest BCUT2D eigenvalue weighted by Crippen LogP contribution is -2.16. The number of para-hydroxylation sites is 1. The normalized spacial score (nSPS) is 10.9. The molecule has 0 bridgehead atoms. The maximum Gasteiger partial charge on any atom is 0.267 e. The van der Waals surface area contributed by atoms with Crippen molar-refractivity contribution < 1.29 is 9.53 Å². The van der Waals surface area contributed by atoms with E-state index in [-0.39, 0.29) is 11.5 Å². The number of hydrogen-bond acceptors (Lipinski definition) is 4. The number of methoxy groups -OCH3 is 1. The van der Waals surface area contributed by atoms with Crippen LogP contribution < -0.4 is 15.4 Å². The molecular weight excluding hydrogens is 314 g/mol. The Morgan fingerprint density at radius 1 is 1.20 bits per heavy atom. The van der Waals surface area contributed by atoms with Crippen molar-refractivity contribution in [3.05, 3.63) is 65.9 Å². The minimum absolute atomic E-state index is 0.0126. The zero-order valence-electron chi connectivity index (χ0n) is 14.5. The van der Waals surface area contributed by atoms with Gasteiger partial charge in [0.15, 0.2) is 0 Å². The topological polar surface area (TPSA) is 74.1 Å². The molecule has 0 aliphatic heterocycles. The SMILES string of the molecule is COc1cccc(N/C=C(/C#N)C(=O)Nc2ccccc2C(C)C)c1. The summed E-state index contributed by atoms with van der Waals surface area (Å²) < 4.78 is 5.15. The Morgan fingerprint density at radius 2 is 1.96 bits per heavy atom. The summed E-state index contributed by atoms with van der Waals surface area (Å²) in [6.07, 6.45) is 1.39. The molecule has 0 fully saturated rings. The van der Waals surface area contributed by atoms with Gasteiger partial charge in [-0.3, -0.25) is 4.79 Å². The van der Waals surface area contributed by atoms with Crippen molar-refractivity contribution in [3.63, 3.8) is 0 Å². The number of nitrogens with zero attached hydrogens (tertiary/aromatic N) is 1. The summed E-state index contributed by atoms with van der Waals surface area (Å²) in [6.45, 7) is 4.10. The van der Waals surface area contributed by atoms with Crippen molar-refractivity contribution >= 4 is 17.3 Å². The van der Waals surface area contributed by atoms with Gasteiger partial charge in [-0.1, -0.05) is 38.1 Å². The second-order valence-corrected chi connectivity index (χ2v) is 5.74. The van der Waals surface area contributed by atoms with E-state index in [1.807, 2.05) is 48.5 Å². The van der Waals surface area contributed by atoms with Gasteiger partial charge in [0.1, 0.15) is 17.4 Å². The minimum atomic E-state index is -0.453. The standard InChI is InChI=1S/C20H21N3O2/c1-14(2)18-9-4-5-10-19(18)23-20(24)15(12-21)13-22-16-7-6-8-17(11-16)25-3/h4-11,13-14,22H,1-3H3,(H,23,24)/b15-13-. The summed E-state index contributed by atoms with van der Waals surface area (Å²) in [5.41, 5.74) is 2.45. The van der Waals surface area contributed by atoms with Crippen LogP contribution in [-0.4, -0.2) is 13.0 Å². The van der Waals surface area contributed by atoms with E-state index in [0.717, 1.165) is 11.3 Å². The Bertz CT molecular complexity index is 820. The van der Waals surface area contributed by atoms with Crippen LogP contribution in [0.5, 0.6) is 5.75 Å². The van der Waals surface area contributed by atoms with Crippen LogP contribution in [0.3, 0.4) is 0 Å². The van der Waals surface area contributed by atoms with Gasteiger partial charge in [0.25, 0.3) is 5.91 Å². The summed E-state index contributed by atoms with van der Waals surface area (Å²) in [5.74, 6) is 0.499. The Balaban J connectivity index is 2.14. The summed E-state index contributed by atoms with van der Waals surface area (Å²) in [4.78, 5) is 12.4. The Labute approximate surface area is 147 Å². The van der Waals surface area contributed by atoms with Gasteiger partial charge >= 0.3 is 0 Å². The van der Waals surface area contributed by atoms with Gasteiger partial charge in [0.05, 0.1) is 7.11 Å². The Kier molecular flexibility index (Phi) is 6.19. The van der Waals surface area contributed by atoms with E-state index in [2.05, 4.69) is 24.5 Å². The molecule has 2 aromatic rings. The number of carbonyl (C=O) groups is 1. The van der Waals surface area contributed by atoms with Crippen molar-refractivity contribution in [1.29, 1.82) is 5.26 Å². The molecule has 0 atom stereocenters. The highest BCUT2D eigenvalue weighted by molar-refractivity contribution is 6.07.